The van der Waals surface area contributed by atoms with E-state index in [4.69, 9.17) is 12.2 Å². The van der Waals surface area contributed by atoms with Gasteiger partial charge in [-0.3, -0.25) is 0 Å². The average Bonchev–Trinajstić information content (AvgIpc) is 2.88. The molecule has 0 aromatic heterocycles. The Morgan fingerprint density at radius 1 is 1.09 bits per heavy atom. The number of para-hydroxylation sites is 1. The fraction of sp³-hybridized carbons (Fsp3) is 0.125. The molecular weight excluding hydrogens is 308 g/mol. The molecule has 1 aliphatic rings. The molecule has 0 atom stereocenters. The lowest BCUT2D eigenvalue weighted by atomic mass is 10.2. The first-order chi connectivity index (χ1) is 11.2. The maximum Gasteiger partial charge on any atom is 0.498 e. The normalized spacial score (nSPS) is 15.3. The van der Waals surface area contributed by atoms with Crippen LogP contribution in [0.15, 0.2) is 76.0 Å². The predicted molar refractivity (Wildman–Crippen MR) is 91.5 cm³/mol. The minimum atomic E-state index is 0.346. The molecule has 2 aromatic carbocycles. The third kappa shape index (κ3) is 4.10. The minimum Gasteiger partial charge on any atom is -0.331 e. The molecule has 1 N–H and O–H groups in total. The maximum atomic E-state index is 5.28. The largest absolute Gasteiger partial charge is 0.498 e. The Balaban J connectivity index is 1.74. The van der Waals surface area contributed by atoms with E-state index in [2.05, 4.69) is 20.6 Å². The van der Waals surface area contributed by atoms with Gasteiger partial charge in [0.15, 0.2) is 7.05 Å². The Hall–Kier alpha value is -2.80. The summed E-state index contributed by atoms with van der Waals surface area (Å²) in [6.07, 6.45) is 0. The van der Waals surface area contributed by atoms with Crippen LogP contribution < -0.4 is 5.32 Å². The Labute approximate surface area is 139 Å². The molecule has 1 aliphatic heterocycles. The van der Waals surface area contributed by atoms with Gasteiger partial charge in [0.1, 0.15) is 5.11 Å². The van der Waals surface area contributed by atoms with Crippen molar-refractivity contribution in [2.75, 3.05) is 12.4 Å². The van der Waals surface area contributed by atoms with Gasteiger partial charge >= 0.3 is 11.2 Å². The van der Waals surface area contributed by atoms with Crippen LogP contribution in [0.1, 0.15) is 5.56 Å². The Bertz CT molecular complexity index is 796. The lowest BCUT2D eigenvalue weighted by Crippen LogP contribution is -2.17. The number of nitrogens with one attached hydrogen (secondary N) is 1. The quantitative estimate of drug-likeness (QED) is 0.695. The van der Waals surface area contributed by atoms with Gasteiger partial charge in [-0.25, -0.2) is 0 Å². The van der Waals surface area contributed by atoms with Gasteiger partial charge in [0.25, 0.3) is 0 Å². The van der Waals surface area contributed by atoms with Gasteiger partial charge < -0.3 is 5.32 Å². The van der Waals surface area contributed by atoms with Gasteiger partial charge in [-0.2, -0.15) is 0 Å². The van der Waals surface area contributed by atoms with Crippen LogP contribution in [0.3, 0.4) is 0 Å². The zero-order chi connectivity index (χ0) is 16.1. The second-order valence-electron chi connectivity index (χ2n) is 4.93. The van der Waals surface area contributed by atoms with Crippen molar-refractivity contribution in [3.05, 3.63) is 66.2 Å². The molecule has 0 saturated carbocycles. The summed E-state index contributed by atoms with van der Waals surface area (Å²) >= 11 is 5.28. The van der Waals surface area contributed by atoms with Crippen LogP contribution in [-0.4, -0.2) is 27.6 Å². The number of rotatable bonds is 3. The molecule has 0 amide bonds. The van der Waals surface area contributed by atoms with Crippen LogP contribution in [0, 0.1) is 0 Å². The van der Waals surface area contributed by atoms with Crippen LogP contribution in [0.5, 0.6) is 0 Å². The van der Waals surface area contributed by atoms with E-state index >= 15 is 0 Å². The zero-order valence-corrected chi connectivity index (χ0v) is 13.4. The Kier molecular flexibility index (Phi) is 4.58. The highest BCUT2D eigenvalue weighted by Gasteiger charge is 2.33. The number of aliphatic imine (C=N–C) groups is 1. The van der Waals surface area contributed by atoms with Crippen LogP contribution in [0.4, 0.5) is 5.69 Å². The molecule has 1 heterocycles. The molecule has 2 aromatic rings. The smallest absolute Gasteiger partial charge is 0.331 e. The molecule has 0 fully saturated rings. The molecule has 23 heavy (non-hydrogen) atoms. The standard InChI is InChI=1S/C16H15N6S/c1-21-19-15(18-16(23)17-14-10-6-3-7-11-14)22(20-21)12-13-8-4-2-5-9-13/h2-11H,12H2,1H3/q+1/p+1/b18-15+. The van der Waals surface area contributed by atoms with Crippen molar-refractivity contribution >= 4 is 29.0 Å². The SMILES string of the molecule is C[N+]1=N/C(=N\C(=S)Nc2ccccc2)[N+](Cc2ccccc2)=N1. The summed E-state index contributed by atoms with van der Waals surface area (Å²) in [5.74, 6) is 0.463. The monoisotopic (exact) mass is 324 g/mol. The first-order valence-electron chi connectivity index (χ1n) is 7.14. The number of thiocarbonyl (C=S) groups is 1. The molecule has 0 unspecified atom stereocenters. The summed E-state index contributed by atoms with van der Waals surface area (Å²) in [6, 6.07) is 19.7. The predicted octanol–water partition coefficient (Wildman–Crippen LogP) is 3.43. The second-order valence-corrected chi connectivity index (χ2v) is 5.32. The number of azo groups is 1. The minimum absolute atomic E-state index is 0.346. The number of nitrogens with zero attached hydrogens (tertiary/aromatic N) is 5. The summed E-state index contributed by atoms with van der Waals surface area (Å²) in [7, 11) is 1.76. The van der Waals surface area contributed by atoms with Gasteiger partial charge in [-0.1, -0.05) is 48.5 Å². The van der Waals surface area contributed by atoms with Gasteiger partial charge in [-0.05, 0) is 24.4 Å². The van der Waals surface area contributed by atoms with Gasteiger partial charge in [0.2, 0.25) is 11.7 Å². The van der Waals surface area contributed by atoms with E-state index < -0.39 is 0 Å². The van der Waals surface area contributed by atoms with Crippen molar-refractivity contribution in [1.29, 1.82) is 0 Å². The second kappa shape index (κ2) is 6.97. The molecule has 7 heteroatoms. The number of benzene rings is 2. The van der Waals surface area contributed by atoms with Crippen LogP contribution in [0.2, 0.25) is 0 Å². The lowest BCUT2D eigenvalue weighted by Gasteiger charge is -2.01. The topological polar surface area (TPSA) is 55.1 Å². The first kappa shape index (κ1) is 15.1. The highest BCUT2D eigenvalue weighted by atomic mass is 32.1. The van der Waals surface area contributed by atoms with Crippen molar-refractivity contribution in [3.8, 4) is 0 Å². The fourth-order valence-electron chi connectivity index (χ4n) is 2.10. The molecule has 0 aliphatic carbocycles. The zero-order valence-electron chi connectivity index (χ0n) is 12.6. The number of guanidine groups is 1. The summed E-state index contributed by atoms with van der Waals surface area (Å²) in [5, 5.41) is 12.0. The first-order valence-corrected chi connectivity index (χ1v) is 7.55. The van der Waals surface area contributed by atoms with Crippen molar-refractivity contribution in [2.45, 2.75) is 6.54 Å². The summed E-state index contributed by atoms with van der Waals surface area (Å²) in [5.41, 5.74) is 2.01. The number of hydrogen-bond donors (Lipinski definition) is 1. The summed E-state index contributed by atoms with van der Waals surface area (Å²) in [4.78, 5) is 5.84. The van der Waals surface area contributed by atoms with E-state index in [1.807, 2.05) is 60.7 Å². The molecule has 114 valence electrons. The van der Waals surface area contributed by atoms with E-state index in [1.165, 1.54) is 4.81 Å². The van der Waals surface area contributed by atoms with Crippen molar-refractivity contribution in [1.82, 2.24) is 0 Å². The van der Waals surface area contributed by atoms with Gasteiger partial charge in [-0.15, -0.1) is 4.99 Å². The van der Waals surface area contributed by atoms with E-state index in [0.29, 0.717) is 17.6 Å². The molecular formula is C16H16N6S+2. The molecule has 3 rings (SSSR count). The van der Waals surface area contributed by atoms with Gasteiger partial charge in [0.05, 0.1) is 4.81 Å². The molecule has 0 saturated heterocycles. The fourth-order valence-corrected chi connectivity index (χ4v) is 2.30. The lowest BCUT2D eigenvalue weighted by molar-refractivity contribution is -0.671. The van der Waals surface area contributed by atoms with E-state index in [1.54, 1.807) is 11.7 Å². The third-order valence-electron chi connectivity index (χ3n) is 3.10. The van der Waals surface area contributed by atoms with E-state index in [0.717, 1.165) is 11.3 Å². The molecule has 6 nitrogen and oxygen atoms in total. The van der Waals surface area contributed by atoms with Crippen molar-refractivity contribution in [3.63, 3.8) is 0 Å². The molecule has 0 radical (unpaired) electrons. The maximum absolute atomic E-state index is 5.28. The van der Waals surface area contributed by atoms with Gasteiger partial charge in [0, 0.05) is 15.9 Å². The summed E-state index contributed by atoms with van der Waals surface area (Å²) < 4.78 is 1.72. The third-order valence-corrected chi connectivity index (χ3v) is 3.30. The average molecular weight is 324 g/mol. The molecule has 0 spiro atoms. The van der Waals surface area contributed by atoms with Crippen molar-refractivity contribution < 1.29 is 9.50 Å². The number of anilines is 1. The van der Waals surface area contributed by atoms with Crippen molar-refractivity contribution in [2.24, 2.45) is 15.3 Å². The van der Waals surface area contributed by atoms with Crippen LogP contribution >= 0.6 is 12.2 Å². The number of hydrogen-bond acceptors (Lipinski definition) is 2. The highest BCUT2D eigenvalue weighted by molar-refractivity contribution is 7.80. The summed E-state index contributed by atoms with van der Waals surface area (Å²) in [6.45, 7) is 0.585. The Morgan fingerprint density at radius 2 is 1.74 bits per heavy atom. The Morgan fingerprint density at radius 3 is 2.43 bits per heavy atom. The van der Waals surface area contributed by atoms with E-state index in [-0.39, 0.29) is 0 Å². The van der Waals surface area contributed by atoms with Crippen LogP contribution in [-0.2, 0) is 6.54 Å². The van der Waals surface area contributed by atoms with E-state index in [9.17, 15) is 0 Å². The molecule has 0 bridgehead atoms. The highest BCUT2D eigenvalue weighted by Crippen LogP contribution is 2.09. The van der Waals surface area contributed by atoms with Crippen LogP contribution in [0.25, 0.3) is 0 Å².